The summed E-state index contributed by atoms with van der Waals surface area (Å²) < 4.78 is 37.5. The van der Waals surface area contributed by atoms with Gasteiger partial charge < -0.3 is 30.5 Å². The molecule has 1 aromatic rings. The van der Waals surface area contributed by atoms with E-state index in [1.165, 1.54) is 24.5 Å². The minimum atomic E-state index is -4.39. The monoisotopic (exact) mass is 538 g/mol. The van der Waals surface area contributed by atoms with Crippen LogP contribution in [0.2, 0.25) is 0 Å². The van der Waals surface area contributed by atoms with Crippen molar-refractivity contribution in [3.63, 3.8) is 0 Å². The van der Waals surface area contributed by atoms with Gasteiger partial charge in [-0.1, -0.05) is 6.08 Å². The van der Waals surface area contributed by atoms with E-state index in [0.29, 0.717) is 30.8 Å². The van der Waals surface area contributed by atoms with Crippen LogP contribution < -0.4 is 16.0 Å². The molecule has 13 heteroatoms. The molecule has 38 heavy (non-hydrogen) atoms. The highest BCUT2D eigenvalue weighted by Gasteiger charge is 2.27. The first-order valence-electron chi connectivity index (χ1n) is 11.9. The number of hydrogen-bond acceptors (Lipinski definition) is 8. The van der Waals surface area contributed by atoms with Crippen LogP contribution in [-0.2, 0) is 9.59 Å². The van der Waals surface area contributed by atoms with Gasteiger partial charge in [0.2, 0.25) is 0 Å². The molecule has 0 aliphatic carbocycles. The van der Waals surface area contributed by atoms with Crippen LogP contribution in [0.15, 0.2) is 47.0 Å². The lowest BCUT2D eigenvalue weighted by atomic mass is 10.1. The number of aliphatic imine (C=N–C) groups is 1. The Balaban J connectivity index is 3.02. The molecule has 0 saturated carbocycles. The normalized spacial score (nSPS) is 13.7. The first kappa shape index (κ1) is 32.3. The van der Waals surface area contributed by atoms with Crippen LogP contribution in [0.5, 0.6) is 0 Å². The van der Waals surface area contributed by atoms with Gasteiger partial charge in [-0.15, -0.1) is 0 Å². The number of nitrogens with zero attached hydrogens (tertiary/aromatic N) is 4. The number of pyridine rings is 1. The highest BCUT2D eigenvalue weighted by molar-refractivity contribution is 6.06. The van der Waals surface area contributed by atoms with Crippen LogP contribution in [0.1, 0.15) is 25.8 Å². The number of rotatable bonds is 14. The van der Waals surface area contributed by atoms with Gasteiger partial charge in [0.15, 0.2) is 0 Å². The molecule has 0 aliphatic rings. The SMILES string of the molecule is C/C=C(\N=C(C)c1ccnc(NCC(F)(F)F)c1)C(=O)N/C(=C/NC)C(=N)N(C)CC(CC=O)CN(C)C. The molecule has 0 aromatic carbocycles. The highest BCUT2D eigenvalue weighted by atomic mass is 19.4. The van der Waals surface area contributed by atoms with E-state index < -0.39 is 18.6 Å². The zero-order valence-corrected chi connectivity index (χ0v) is 22.6. The molecule has 0 radical (unpaired) electrons. The molecule has 0 spiro atoms. The van der Waals surface area contributed by atoms with E-state index in [-0.39, 0.29) is 29.0 Å². The Morgan fingerprint density at radius 2 is 1.95 bits per heavy atom. The third-order valence-corrected chi connectivity index (χ3v) is 5.20. The quantitative estimate of drug-likeness (QED) is 0.124. The van der Waals surface area contributed by atoms with Crippen molar-refractivity contribution in [2.24, 2.45) is 10.9 Å². The van der Waals surface area contributed by atoms with E-state index in [9.17, 15) is 22.8 Å². The van der Waals surface area contributed by atoms with Gasteiger partial charge in [-0.3, -0.25) is 10.2 Å². The molecule has 1 rings (SSSR count). The molecule has 0 fully saturated rings. The summed E-state index contributed by atoms with van der Waals surface area (Å²) in [6.07, 6.45) is 1.12. The van der Waals surface area contributed by atoms with E-state index >= 15 is 0 Å². The summed E-state index contributed by atoms with van der Waals surface area (Å²) in [5, 5.41) is 16.3. The van der Waals surface area contributed by atoms with Crippen LogP contribution in [0, 0.1) is 11.3 Å². The third kappa shape index (κ3) is 11.5. The number of likely N-dealkylation sites (N-methyl/N-ethyl adjacent to an activating group) is 1. The lowest BCUT2D eigenvalue weighted by Gasteiger charge is -2.28. The second-order valence-electron chi connectivity index (χ2n) is 8.83. The molecular formula is C25H37F3N8O2. The van der Waals surface area contributed by atoms with Crippen molar-refractivity contribution in [1.82, 2.24) is 25.4 Å². The number of carbonyl (C=O) groups excluding carboxylic acids is 2. The average molecular weight is 539 g/mol. The number of amidine groups is 1. The standard InChI is InChI=1S/C25H37F3N8O2/c1-7-20(33-17(2)19-8-10-31-22(12-19)32-16-25(26,27)28)24(38)34-21(13-30-3)23(29)36(6)15-18(9-11-37)14-35(4)5/h7-8,10-13,18,29-30H,9,14-16H2,1-6H3,(H,31,32)(H,34,38)/b20-7-,21-13+,29-23?,33-17?. The fraction of sp³-hybridized carbons (Fsp3) is 0.480. The number of alkyl halides is 3. The van der Waals surface area contributed by atoms with Crippen molar-refractivity contribution in [3.05, 3.63) is 47.6 Å². The van der Waals surface area contributed by atoms with Gasteiger partial charge in [0.1, 0.15) is 30.2 Å². The summed E-state index contributed by atoms with van der Waals surface area (Å²) in [6, 6.07) is 2.99. The third-order valence-electron chi connectivity index (χ3n) is 5.20. The average Bonchev–Trinajstić information content (AvgIpc) is 2.84. The van der Waals surface area contributed by atoms with Gasteiger partial charge in [-0.05, 0) is 46.0 Å². The first-order chi connectivity index (χ1) is 17.8. The molecule has 1 amide bonds. The Labute approximate surface area is 221 Å². The fourth-order valence-corrected chi connectivity index (χ4v) is 3.47. The first-order valence-corrected chi connectivity index (χ1v) is 11.9. The predicted octanol–water partition coefficient (Wildman–Crippen LogP) is 2.62. The molecule has 210 valence electrons. The van der Waals surface area contributed by atoms with Gasteiger partial charge in [-0.25, -0.2) is 9.98 Å². The number of halogens is 3. The molecule has 1 heterocycles. The molecule has 1 atom stereocenters. The Hall–Kier alpha value is -3.74. The molecule has 0 aliphatic heterocycles. The lowest BCUT2D eigenvalue weighted by Crippen LogP contribution is -2.40. The zero-order chi connectivity index (χ0) is 28.9. The Morgan fingerprint density at radius 3 is 2.50 bits per heavy atom. The maximum Gasteiger partial charge on any atom is 0.405 e. The van der Waals surface area contributed by atoms with E-state index in [1.54, 1.807) is 38.9 Å². The van der Waals surface area contributed by atoms with Crippen molar-refractivity contribution in [1.29, 1.82) is 5.41 Å². The predicted molar refractivity (Wildman–Crippen MR) is 143 cm³/mol. The number of hydrogen-bond donors (Lipinski definition) is 4. The summed E-state index contributed by atoms with van der Waals surface area (Å²) in [5.74, 6) is -0.519. The fourth-order valence-electron chi connectivity index (χ4n) is 3.47. The molecule has 0 bridgehead atoms. The number of anilines is 1. The van der Waals surface area contributed by atoms with Crippen LogP contribution in [-0.4, -0.2) is 92.5 Å². The number of aromatic nitrogens is 1. The Bertz CT molecular complexity index is 1050. The van der Waals surface area contributed by atoms with E-state index in [1.807, 2.05) is 19.0 Å². The largest absolute Gasteiger partial charge is 0.405 e. The maximum atomic E-state index is 13.0. The van der Waals surface area contributed by atoms with Crippen LogP contribution >= 0.6 is 0 Å². The summed E-state index contributed by atoms with van der Waals surface area (Å²) >= 11 is 0. The number of allylic oxidation sites excluding steroid dienone is 1. The Morgan fingerprint density at radius 1 is 1.26 bits per heavy atom. The minimum Gasteiger partial charge on any atom is -0.392 e. The number of carbonyl (C=O) groups is 2. The van der Waals surface area contributed by atoms with Gasteiger partial charge in [0.05, 0.1) is 5.70 Å². The van der Waals surface area contributed by atoms with Gasteiger partial charge in [0, 0.05) is 57.3 Å². The molecule has 4 N–H and O–H groups in total. The van der Waals surface area contributed by atoms with Crippen molar-refractivity contribution in [2.75, 3.05) is 53.1 Å². The summed E-state index contributed by atoms with van der Waals surface area (Å²) in [7, 11) is 7.15. The topological polar surface area (TPSA) is 126 Å². The van der Waals surface area contributed by atoms with Gasteiger partial charge in [-0.2, -0.15) is 13.2 Å². The van der Waals surface area contributed by atoms with E-state index in [2.05, 4.69) is 25.9 Å². The number of aldehydes is 1. The van der Waals surface area contributed by atoms with Crippen LogP contribution in [0.25, 0.3) is 0 Å². The van der Waals surface area contributed by atoms with Crippen molar-refractivity contribution in [3.8, 4) is 0 Å². The summed E-state index contributed by atoms with van der Waals surface area (Å²) in [4.78, 5) is 36.0. The lowest BCUT2D eigenvalue weighted by molar-refractivity contribution is -0.117. The maximum absolute atomic E-state index is 13.0. The van der Waals surface area contributed by atoms with Gasteiger partial charge in [0.25, 0.3) is 5.91 Å². The molecular weight excluding hydrogens is 501 g/mol. The Kier molecular flexibility index (Phi) is 13.2. The van der Waals surface area contributed by atoms with Crippen LogP contribution in [0.3, 0.4) is 0 Å². The van der Waals surface area contributed by atoms with Crippen molar-refractivity contribution >= 4 is 29.6 Å². The molecule has 0 saturated heterocycles. The second kappa shape index (κ2) is 15.5. The molecule has 1 aromatic heterocycles. The summed E-state index contributed by atoms with van der Waals surface area (Å²) in [6.45, 7) is 3.10. The minimum absolute atomic E-state index is 0.00592. The van der Waals surface area contributed by atoms with Crippen LogP contribution in [0.4, 0.5) is 19.0 Å². The van der Waals surface area contributed by atoms with Crippen molar-refractivity contribution in [2.45, 2.75) is 26.4 Å². The number of nitrogens with one attached hydrogen (secondary N) is 4. The van der Waals surface area contributed by atoms with Crippen molar-refractivity contribution < 1.29 is 22.8 Å². The summed E-state index contributed by atoms with van der Waals surface area (Å²) in [5.41, 5.74) is 1.12. The van der Waals surface area contributed by atoms with Gasteiger partial charge >= 0.3 is 6.18 Å². The zero-order valence-electron chi connectivity index (χ0n) is 22.6. The molecule has 10 nitrogen and oxygen atoms in total. The number of amides is 1. The second-order valence-corrected chi connectivity index (χ2v) is 8.83. The molecule has 1 unspecified atom stereocenters. The smallest absolute Gasteiger partial charge is 0.392 e. The van der Waals surface area contributed by atoms with E-state index in [4.69, 9.17) is 5.41 Å². The van der Waals surface area contributed by atoms with E-state index in [0.717, 1.165) is 6.29 Å². The highest BCUT2D eigenvalue weighted by Crippen LogP contribution is 2.17.